The van der Waals surface area contributed by atoms with Gasteiger partial charge in [-0.1, -0.05) is 56.6 Å². The van der Waals surface area contributed by atoms with E-state index in [9.17, 15) is 4.79 Å². The van der Waals surface area contributed by atoms with E-state index in [0.29, 0.717) is 10.7 Å². The molecular formula is C21H26ClNO2. The molecule has 0 bridgehead atoms. The molecule has 3 nitrogen and oxygen atoms in total. The fourth-order valence-electron chi connectivity index (χ4n) is 2.73. The van der Waals surface area contributed by atoms with Crippen molar-refractivity contribution in [3.63, 3.8) is 0 Å². The van der Waals surface area contributed by atoms with Gasteiger partial charge in [0, 0.05) is 0 Å². The first-order chi connectivity index (χ1) is 11.6. The molecule has 0 aliphatic rings. The Labute approximate surface area is 155 Å². The van der Waals surface area contributed by atoms with Crippen molar-refractivity contribution in [1.82, 2.24) is 0 Å². The SMILES string of the molecule is Cc1cc(C)c(NC(=O)C(C)Oc2ccccc2C(C)(C)C)c(Cl)c1. The quantitative estimate of drug-likeness (QED) is 0.764. The molecule has 0 radical (unpaired) electrons. The molecule has 1 unspecified atom stereocenters. The number of benzene rings is 2. The number of aryl methyl sites for hydroxylation is 2. The van der Waals surface area contributed by atoms with Crippen LogP contribution in [-0.2, 0) is 10.2 Å². The van der Waals surface area contributed by atoms with E-state index in [0.717, 1.165) is 22.4 Å². The molecule has 1 N–H and O–H groups in total. The molecule has 0 saturated carbocycles. The van der Waals surface area contributed by atoms with Gasteiger partial charge in [-0.15, -0.1) is 0 Å². The maximum absolute atomic E-state index is 12.6. The molecule has 0 heterocycles. The van der Waals surface area contributed by atoms with Gasteiger partial charge in [0.2, 0.25) is 0 Å². The molecule has 2 aromatic carbocycles. The van der Waals surface area contributed by atoms with Gasteiger partial charge in [-0.25, -0.2) is 0 Å². The van der Waals surface area contributed by atoms with Gasteiger partial charge < -0.3 is 10.1 Å². The summed E-state index contributed by atoms with van der Waals surface area (Å²) in [5, 5.41) is 3.42. The maximum Gasteiger partial charge on any atom is 0.265 e. The molecular weight excluding hydrogens is 334 g/mol. The predicted molar refractivity (Wildman–Crippen MR) is 105 cm³/mol. The largest absolute Gasteiger partial charge is 0.481 e. The highest BCUT2D eigenvalue weighted by atomic mass is 35.5. The summed E-state index contributed by atoms with van der Waals surface area (Å²) >= 11 is 6.27. The molecule has 25 heavy (non-hydrogen) atoms. The van der Waals surface area contributed by atoms with Crippen molar-refractivity contribution < 1.29 is 9.53 Å². The summed E-state index contributed by atoms with van der Waals surface area (Å²) in [6.45, 7) is 12.0. The number of carbonyl (C=O) groups is 1. The standard InChI is InChI=1S/C21H26ClNO2/c1-13-11-14(2)19(17(22)12-13)23-20(24)15(3)25-18-10-8-7-9-16(18)21(4,5)6/h7-12,15H,1-6H3,(H,23,24). The number of halogens is 1. The zero-order valence-electron chi connectivity index (χ0n) is 15.7. The minimum Gasteiger partial charge on any atom is -0.481 e. The van der Waals surface area contributed by atoms with E-state index in [4.69, 9.17) is 16.3 Å². The normalized spacial score (nSPS) is 12.6. The van der Waals surface area contributed by atoms with E-state index in [-0.39, 0.29) is 11.3 Å². The third kappa shape index (κ3) is 4.76. The number of hydrogen-bond donors (Lipinski definition) is 1. The Morgan fingerprint density at radius 1 is 1.16 bits per heavy atom. The summed E-state index contributed by atoms with van der Waals surface area (Å²) in [5.74, 6) is 0.502. The van der Waals surface area contributed by atoms with E-state index in [1.165, 1.54) is 0 Å². The van der Waals surface area contributed by atoms with Gasteiger partial charge in [0.25, 0.3) is 5.91 Å². The van der Waals surface area contributed by atoms with E-state index in [2.05, 4.69) is 26.1 Å². The van der Waals surface area contributed by atoms with Gasteiger partial charge in [0.15, 0.2) is 6.10 Å². The molecule has 4 heteroatoms. The third-order valence-electron chi connectivity index (χ3n) is 4.05. The Morgan fingerprint density at radius 3 is 2.40 bits per heavy atom. The molecule has 0 aromatic heterocycles. The Balaban J connectivity index is 2.18. The van der Waals surface area contributed by atoms with Crippen molar-refractivity contribution in [1.29, 1.82) is 0 Å². The number of amides is 1. The maximum atomic E-state index is 12.6. The lowest BCUT2D eigenvalue weighted by Crippen LogP contribution is -2.31. The second kappa shape index (κ2) is 7.49. The Hall–Kier alpha value is -2.00. The van der Waals surface area contributed by atoms with Crippen molar-refractivity contribution >= 4 is 23.2 Å². The molecule has 0 spiro atoms. The zero-order chi connectivity index (χ0) is 18.8. The predicted octanol–water partition coefficient (Wildman–Crippen LogP) is 5.66. The van der Waals surface area contributed by atoms with Crippen LogP contribution in [0.4, 0.5) is 5.69 Å². The first-order valence-electron chi connectivity index (χ1n) is 8.43. The monoisotopic (exact) mass is 359 g/mol. The Kier molecular flexibility index (Phi) is 5.79. The van der Waals surface area contributed by atoms with E-state index in [1.54, 1.807) is 6.92 Å². The van der Waals surface area contributed by atoms with Crippen LogP contribution < -0.4 is 10.1 Å². The van der Waals surface area contributed by atoms with Crippen LogP contribution in [0.1, 0.15) is 44.4 Å². The minimum atomic E-state index is -0.639. The molecule has 0 aliphatic carbocycles. The Morgan fingerprint density at radius 2 is 1.80 bits per heavy atom. The van der Waals surface area contributed by atoms with Crippen LogP contribution in [-0.4, -0.2) is 12.0 Å². The zero-order valence-corrected chi connectivity index (χ0v) is 16.5. The number of nitrogens with one attached hydrogen (secondary N) is 1. The lowest BCUT2D eigenvalue weighted by atomic mass is 9.86. The Bertz CT molecular complexity index is 755. The van der Waals surface area contributed by atoms with Crippen molar-refractivity contribution in [2.45, 2.75) is 53.1 Å². The molecule has 0 fully saturated rings. The number of ether oxygens (including phenoxy) is 1. The van der Waals surface area contributed by atoms with Crippen LogP contribution in [0.25, 0.3) is 0 Å². The van der Waals surface area contributed by atoms with Gasteiger partial charge in [-0.3, -0.25) is 4.79 Å². The van der Waals surface area contributed by atoms with Gasteiger partial charge in [0.1, 0.15) is 5.75 Å². The summed E-state index contributed by atoms with van der Waals surface area (Å²) in [6, 6.07) is 11.6. The smallest absolute Gasteiger partial charge is 0.265 e. The van der Waals surface area contributed by atoms with E-state index < -0.39 is 6.10 Å². The number of rotatable bonds is 4. The summed E-state index contributed by atoms with van der Waals surface area (Å²) in [5.41, 5.74) is 3.63. The molecule has 1 atom stereocenters. The van der Waals surface area contributed by atoms with Crippen molar-refractivity contribution in [2.24, 2.45) is 0 Å². The topological polar surface area (TPSA) is 38.3 Å². The number of carbonyl (C=O) groups excluding carboxylic acids is 1. The molecule has 134 valence electrons. The fraction of sp³-hybridized carbons (Fsp3) is 0.381. The highest BCUT2D eigenvalue weighted by molar-refractivity contribution is 6.34. The number of para-hydroxylation sites is 1. The van der Waals surface area contributed by atoms with Crippen molar-refractivity contribution in [3.05, 3.63) is 58.1 Å². The lowest BCUT2D eigenvalue weighted by Gasteiger charge is -2.24. The highest BCUT2D eigenvalue weighted by Crippen LogP contribution is 2.32. The summed E-state index contributed by atoms with van der Waals surface area (Å²) in [7, 11) is 0. The summed E-state index contributed by atoms with van der Waals surface area (Å²) in [6.07, 6.45) is -0.639. The van der Waals surface area contributed by atoms with Gasteiger partial charge >= 0.3 is 0 Å². The minimum absolute atomic E-state index is 0.0658. The summed E-state index contributed by atoms with van der Waals surface area (Å²) < 4.78 is 5.95. The molecule has 2 aromatic rings. The summed E-state index contributed by atoms with van der Waals surface area (Å²) in [4.78, 5) is 12.6. The van der Waals surface area contributed by atoms with Crippen LogP contribution in [0, 0.1) is 13.8 Å². The van der Waals surface area contributed by atoms with Crippen LogP contribution in [0.3, 0.4) is 0 Å². The molecule has 0 saturated heterocycles. The van der Waals surface area contributed by atoms with Crippen molar-refractivity contribution in [2.75, 3.05) is 5.32 Å². The highest BCUT2D eigenvalue weighted by Gasteiger charge is 2.22. The second-order valence-electron chi connectivity index (χ2n) is 7.43. The number of anilines is 1. The van der Waals surface area contributed by atoms with Crippen LogP contribution in [0.5, 0.6) is 5.75 Å². The van der Waals surface area contributed by atoms with E-state index >= 15 is 0 Å². The lowest BCUT2D eigenvalue weighted by molar-refractivity contribution is -0.122. The van der Waals surface area contributed by atoms with Crippen LogP contribution in [0.2, 0.25) is 5.02 Å². The van der Waals surface area contributed by atoms with Gasteiger partial charge in [-0.05, 0) is 55.0 Å². The first-order valence-corrected chi connectivity index (χ1v) is 8.81. The second-order valence-corrected chi connectivity index (χ2v) is 7.84. The fourth-order valence-corrected chi connectivity index (χ4v) is 3.10. The average Bonchev–Trinajstić information content (AvgIpc) is 2.50. The first kappa shape index (κ1) is 19.3. The number of hydrogen-bond acceptors (Lipinski definition) is 2. The molecule has 1 amide bonds. The van der Waals surface area contributed by atoms with Gasteiger partial charge in [-0.2, -0.15) is 0 Å². The molecule has 2 rings (SSSR count). The van der Waals surface area contributed by atoms with Crippen molar-refractivity contribution in [3.8, 4) is 5.75 Å². The van der Waals surface area contributed by atoms with Gasteiger partial charge in [0.05, 0.1) is 10.7 Å². The average molecular weight is 360 g/mol. The van der Waals surface area contributed by atoms with Crippen LogP contribution >= 0.6 is 11.6 Å². The third-order valence-corrected chi connectivity index (χ3v) is 4.35. The van der Waals surface area contributed by atoms with E-state index in [1.807, 2.05) is 50.2 Å². The molecule has 0 aliphatic heterocycles. The van der Waals surface area contributed by atoms with Crippen LogP contribution in [0.15, 0.2) is 36.4 Å².